The summed E-state index contributed by atoms with van der Waals surface area (Å²) in [4.78, 5) is 0. The summed E-state index contributed by atoms with van der Waals surface area (Å²) in [7, 11) is 0. The Morgan fingerprint density at radius 3 is 2.56 bits per heavy atom. The minimum atomic E-state index is 0.760. The first kappa shape index (κ1) is 10.8. The number of hydrogen-bond donors (Lipinski definition) is 1. The van der Waals surface area contributed by atoms with Crippen LogP contribution in [0.1, 0.15) is 17.5 Å². The minimum absolute atomic E-state index is 0.760. The van der Waals surface area contributed by atoms with Crippen molar-refractivity contribution < 1.29 is 9.94 Å². The highest BCUT2D eigenvalue weighted by atomic mass is 16.5. The van der Waals surface area contributed by atoms with Gasteiger partial charge in [-0.2, -0.15) is 0 Å². The number of aryl methyl sites for hydroxylation is 1. The lowest BCUT2D eigenvalue weighted by atomic mass is 10.1. The molecule has 0 saturated carbocycles. The average molecular weight is 239 g/mol. The standard InChI is InChI=1S/C15H13NO2/c17-16-15-9-6-11-10-13(7-8-14(11)15)18-12-4-2-1-3-5-12/h1-5,7-8,10,17H,6,9H2/b16-15-. The zero-order valence-corrected chi connectivity index (χ0v) is 9.84. The minimum Gasteiger partial charge on any atom is -0.457 e. The molecule has 0 atom stereocenters. The fourth-order valence-electron chi connectivity index (χ4n) is 2.24. The topological polar surface area (TPSA) is 41.8 Å². The summed E-state index contributed by atoms with van der Waals surface area (Å²) in [5, 5.41) is 12.2. The number of para-hydroxylation sites is 1. The number of rotatable bonds is 2. The van der Waals surface area contributed by atoms with Crippen molar-refractivity contribution >= 4 is 5.71 Å². The van der Waals surface area contributed by atoms with Crippen LogP contribution in [0.4, 0.5) is 0 Å². The second kappa shape index (κ2) is 4.53. The van der Waals surface area contributed by atoms with Gasteiger partial charge in [0.05, 0.1) is 5.71 Å². The first-order chi connectivity index (χ1) is 8.86. The van der Waals surface area contributed by atoms with Gasteiger partial charge in [0, 0.05) is 5.56 Å². The van der Waals surface area contributed by atoms with Crippen molar-refractivity contribution in [1.29, 1.82) is 0 Å². The van der Waals surface area contributed by atoms with E-state index in [0.29, 0.717) is 0 Å². The van der Waals surface area contributed by atoms with Crippen molar-refractivity contribution in [2.24, 2.45) is 5.16 Å². The summed E-state index contributed by atoms with van der Waals surface area (Å²) >= 11 is 0. The van der Waals surface area contributed by atoms with Crippen LogP contribution in [-0.2, 0) is 6.42 Å². The molecule has 0 aromatic heterocycles. The third-order valence-electron chi connectivity index (χ3n) is 3.12. The van der Waals surface area contributed by atoms with Crippen LogP contribution in [0.25, 0.3) is 0 Å². The molecule has 1 aliphatic rings. The highest BCUT2D eigenvalue weighted by Gasteiger charge is 2.18. The SMILES string of the molecule is O/N=C1/CCc2cc(Oc3ccccc3)ccc21. The number of hydrogen-bond acceptors (Lipinski definition) is 3. The van der Waals surface area contributed by atoms with E-state index in [9.17, 15) is 0 Å². The maximum Gasteiger partial charge on any atom is 0.127 e. The Morgan fingerprint density at radius 2 is 1.78 bits per heavy atom. The number of oxime groups is 1. The van der Waals surface area contributed by atoms with E-state index in [4.69, 9.17) is 9.94 Å². The molecule has 0 aliphatic heterocycles. The van der Waals surface area contributed by atoms with E-state index in [2.05, 4.69) is 5.16 Å². The molecular weight excluding hydrogens is 226 g/mol. The lowest BCUT2D eigenvalue weighted by Gasteiger charge is -2.07. The van der Waals surface area contributed by atoms with Gasteiger partial charge < -0.3 is 9.94 Å². The van der Waals surface area contributed by atoms with E-state index in [1.165, 1.54) is 5.56 Å². The molecule has 0 fully saturated rings. The molecule has 0 spiro atoms. The van der Waals surface area contributed by atoms with Crippen LogP contribution in [0, 0.1) is 0 Å². The maximum atomic E-state index is 8.87. The molecule has 0 saturated heterocycles. The molecule has 3 heteroatoms. The molecule has 0 bridgehead atoms. The molecule has 0 heterocycles. The Labute approximate surface area is 105 Å². The largest absolute Gasteiger partial charge is 0.457 e. The summed E-state index contributed by atoms with van der Waals surface area (Å²) < 4.78 is 5.77. The number of ether oxygens (including phenoxy) is 1. The van der Waals surface area contributed by atoms with Gasteiger partial charge in [-0.05, 0) is 48.7 Å². The monoisotopic (exact) mass is 239 g/mol. The third kappa shape index (κ3) is 1.95. The van der Waals surface area contributed by atoms with Gasteiger partial charge in [0.25, 0.3) is 0 Å². The van der Waals surface area contributed by atoms with Crippen molar-refractivity contribution in [2.75, 3.05) is 0 Å². The fourth-order valence-corrected chi connectivity index (χ4v) is 2.24. The Kier molecular flexibility index (Phi) is 2.73. The van der Waals surface area contributed by atoms with Crippen molar-refractivity contribution in [3.63, 3.8) is 0 Å². The fraction of sp³-hybridized carbons (Fsp3) is 0.133. The van der Waals surface area contributed by atoms with Crippen LogP contribution in [0.3, 0.4) is 0 Å². The van der Waals surface area contributed by atoms with E-state index in [1.54, 1.807) is 0 Å². The van der Waals surface area contributed by atoms with E-state index in [0.717, 1.165) is 35.6 Å². The molecular formula is C15H13NO2. The van der Waals surface area contributed by atoms with Gasteiger partial charge in [-0.15, -0.1) is 0 Å². The van der Waals surface area contributed by atoms with Crippen molar-refractivity contribution in [2.45, 2.75) is 12.8 Å². The van der Waals surface area contributed by atoms with Gasteiger partial charge >= 0.3 is 0 Å². The molecule has 18 heavy (non-hydrogen) atoms. The smallest absolute Gasteiger partial charge is 0.127 e. The highest BCUT2D eigenvalue weighted by Crippen LogP contribution is 2.29. The molecule has 1 N–H and O–H groups in total. The average Bonchev–Trinajstić information content (AvgIpc) is 2.82. The van der Waals surface area contributed by atoms with E-state index < -0.39 is 0 Å². The predicted molar refractivity (Wildman–Crippen MR) is 69.6 cm³/mol. The molecule has 2 aromatic carbocycles. The van der Waals surface area contributed by atoms with Crippen molar-refractivity contribution in [3.05, 3.63) is 59.7 Å². The van der Waals surface area contributed by atoms with Crippen LogP contribution in [0.5, 0.6) is 11.5 Å². The quantitative estimate of drug-likeness (QED) is 0.642. The summed E-state index contributed by atoms with van der Waals surface area (Å²) in [6.45, 7) is 0. The number of fused-ring (bicyclic) bond motifs is 1. The molecule has 90 valence electrons. The number of nitrogens with zero attached hydrogens (tertiary/aromatic N) is 1. The van der Waals surface area contributed by atoms with Crippen LogP contribution < -0.4 is 4.74 Å². The molecule has 3 nitrogen and oxygen atoms in total. The van der Waals surface area contributed by atoms with E-state index >= 15 is 0 Å². The lowest BCUT2D eigenvalue weighted by molar-refractivity contribution is 0.318. The second-order valence-corrected chi connectivity index (χ2v) is 4.28. The van der Waals surface area contributed by atoms with Crippen molar-refractivity contribution in [3.8, 4) is 11.5 Å². The molecule has 0 amide bonds. The van der Waals surface area contributed by atoms with Gasteiger partial charge in [-0.3, -0.25) is 0 Å². The van der Waals surface area contributed by atoms with Crippen LogP contribution in [0.15, 0.2) is 53.7 Å². The molecule has 0 radical (unpaired) electrons. The first-order valence-corrected chi connectivity index (χ1v) is 5.94. The maximum absolute atomic E-state index is 8.87. The molecule has 1 aliphatic carbocycles. The van der Waals surface area contributed by atoms with Gasteiger partial charge in [0.2, 0.25) is 0 Å². The second-order valence-electron chi connectivity index (χ2n) is 4.28. The van der Waals surface area contributed by atoms with Crippen molar-refractivity contribution in [1.82, 2.24) is 0 Å². The Bertz CT molecular complexity index is 591. The van der Waals surface area contributed by atoms with Crippen LogP contribution in [-0.4, -0.2) is 10.9 Å². The van der Waals surface area contributed by atoms with Gasteiger partial charge in [-0.1, -0.05) is 23.4 Å². The summed E-state index contributed by atoms with van der Waals surface area (Å²) in [5.41, 5.74) is 2.96. The van der Waals surface area contributed by atoms with Crippen LogP contribution in [0.2, 0.25) is 0 Å². The normalized spacial score (nSPS) is 15.7. The predicted octanol–water partition coefficient (Wildman–Crippen LogP) is 3.60. The Morgan fingerprint density at radius 1 is 0.944 bits per heavy atom. The summed E-state index contributed by atoms with van der Waals surface area (Å²) in [5.74, 6) is 1.64. The zero-order valence-electron chi connectivity index (χ0n) is 9.84. The van der Waals surface area contributed by atoms with Gasteiger partial charge in [0.15, 0.2) is 0 Å². The molecule has 0 unspecified atom stereocenters. The van der Waals surface area contributed by atoms with Gasteiger partial charge in [-0.25, -0.2) is 0 Å². The molecule has 3 rings (SSSR count). The lowest BCUT2D eigenvalue weighted by Crippen LogP contribution is -1.94. The Balaban J connectivity index is 1.88. The summed E-state index contributed by atoms with van der Waals surface area (Å²) in [6.07, 6.45) is 1.70. The first-order valence-electron chi connectivity index (χ1n) is 5.94. The third-order valence-corrected chi connectivity index (χ3v) is 3.12. The molecule has 2 aromatic rings. The van der Waals surface area contributed by atoms with E-state index in [-0.39, 0.29) is 0 Å². The van der Waals surface area contributed by atoms with E-state index in [1.807, 2.05) is 48.5 Å². The zero-order chi connectivity index (χ0) is 12.4. The highest BCUT2D eigenvalue weighted by molar-refractivity contribution is 6.04. The summed E-state index contributed by atoms with van der Waals surface area (Å²) in [6, 6.07) is 15.6. The Hall–Kier alpha value is -2.29. The van der Waals surface area contributed by atoms with Crippen LogP contribution >= 0.6 is 0 Å². The number of benzene rings is 2. The van der Waals surface area contributed by atoms with Gasteiger partial charge in [0.1, 0.15) is 11.5 Å².